The van der Waals surface area contributed by atoms with Gasteiger partial charge in [0.2, 0.25) is 5.91 Å². The fraction of sp³-hybridized carbons (Fsp3) is 0.278. The van der Waals surface area contributed by atoms with Crippen molar-refractivity contribution >= 4 is 33.6 Å². The van der Waals surface area contributed by atoms with Crippen molar-refractivity contribution in [1.82, 2.24) is 14.8 Å². The van der Waals surface area contributed by atoms with Crippen LogP contribution in [0.5, 0.6) is 5.75 Å². The molecule has 0 fully saturated rings. The van der Waals surface area contributed by atoms with E-state index >= 15 is 0 Å². The number of nitrogens with two attached hydrogens (primary N) is 1. The topological polar surface area (TPSA) is 96.2 Å². The van der Waals surface area contributed by atoms with Crippen LogP contribution in [0.2, 0.25) is 0 Å². The van der Waals surface area contributed by atoms with Crippen molar-refractivity contribution in [2.24, 2.45) is 5.73 Å². The summed E-state index contributed by atoms with van der Waals surface area (Å²) in [5, 5.41) is 9.22. The molecule has 0 unspecified atom stereocenters. The number of aromatic nitrogens is 3. The van der Waals surface area contributed by atoms with Crippen molar-refractivity contribution in [2.45, 2.75) is 24.5 Å². The van der Waals surface area contributed by atoms with Crippen LogP contribution in [-0.2, 0) is 17.8 Å². The molecule has 0 spiro atoms. The molecule has 2 N–H and O–H groups in total. The Morgan fingerprint density at radius 1 is 1.30 bits per heavy atom. The molecule has 0 atom stereocenters. The van der Waals surface area contributed by atoms with E-state index in [9.17, 15) is 4.79 Å². The van der Waals surface area contributed by atoms with Gasteiger partial charge in [-0.2, -0.15) is 0 Å². The maximum atomic E-state index is 11.1. The summed E-state index contributed by atoms with van der Waals surface area (Å²) in [6.07, 6.45) is 2.30. The molecule has 2 aromatic heterocycles. The lowest BCUT2D eigenvalue weighted by atomic mass is 10.3. The first-order valence-electron chi connectivity index (χ1n) is 8.36. The van der Waals surface area contributed by atoms with Crippen molar-refractivity contribution in [3.05, 3.63) is 58.7 Å². The molecule has 142 valence electrons. The monoisotopic (exact) mass is 450 g/mol. The predicted molar refractivity (Wildman–Crippen MR) is 106 cm³/mol. The first-order chi connectivity index (χ1) is 13.1. The molecule has 7 nitrogen and oxygen atoms in total. The summed E-state index contributed by atoms with van der Waals surface area (Å²) in [6, 6.07) is 11.4. The minimum atomic E-state index is -0.362. The van der Waals surface area contributed by atoms with E-state index in [1.165, 1.54) is 0 Å². The molecule has 0 radical (unpaired) electrons. The highest BCUT2D eigenvalue weighted by Gasteiger charge is 2.15. The number of aryl methyl sites for hydroxylation is 1. The molecule has 2 heterocycles. The Balaban J connectivity index is 1.62. The lowest BCUT2D eigenvalue weighted by molar-refractivity contribution is -0.118. The Morgan fingerprint density at radius 3 is 2.93 bits per heavy atom. The third-order valence-corrected chi connectivity index (χ3v) is 5.09. The van der Waals surface area contributed by atoms with Crippen molar-refractivity contribution in [2.75, 3.05) is 12.4 Å². The van der Waals surface area contributed by atoms with E-state index in [1.54, 1.807) is 18.0 Å². The molecule has 0 aliphatic heterocycles. The lowest BCUT2D eigenvalue weighted by Crippen LogP contribution is -2.14. The van der Waals surface area contributed by atoms with E-state index in [1.807, 2.05) is 41.0 Å². The molecule has 0 aliphatic carbocycles. The first-order valence-corrected chi connectivity index (χ1v) is 10.1. The van der Waals surface area contributed by atoms with Gasteiger partial charge in [-0.1, -0.05) is 33.8 Å². The minimum absolute atomic E-state index is 0.229. The quantitative estimate of drug-likeness (QED) is 0.376. The highest BCUT2D eigenvalue weighted by Crippen LogP contribution is 2.21. The normalized spacial score (nSPS) is 10.9. The van der Waals surface area contributed by atoms with Crippen LogP contribution in [0.3, 0.4) is 0 Å². The second-order valence-corrected chi connectivity index (χ2v) is 7.66. The van der Waals surface area contributed by atoms with E-state index in [-0.39, 0.29) is 12.3 Å². The van der Waals surface area contributed by atoms with Gasteiger partial charge in [0.15, 0.2) is 5.16 Å². The maximum Gasteiger partial charge on any atom is 0.217 e. The number of furan rings is 1. The Kier molecular flexibility index (Phi) is 6.94. The van der Waals surface area contributed by atoms with E-state index in [0.717, 1.165) is 21.1 Å². The number of amides is 1. The lowest BCUT2D eigenvalue weighted by Gasteiger charge is -2.09. The fourth-order valence-corrected chi connectivity index (χ4v) is 3.56. The molecule has 3 aromatic rings. The summed E-state index contributed by atoms with van der Waals surface area (Å²) < 4.78 is 14.1. The van der Waals surface area contributed by atoms with Gasteiger partial charge in [0.05, 0.1) is 19.4 Å². The molecule has 0 saturated carbocycles. The number of rotatable bonds is 10. The van der Waals surface area contributed by atoms with Crippen LogP contribution in [-0.4, -0.2) is 33.0 Å². The number of hydrogen-bond donors (Lipinski definition) is 1. The number of halogens is 1. The van der Waals surface area contributed by atoms with Gasteiger partial charge in [-0.3, -0.25) is 9.36 Å². The smallest absolute Gasteiger partial charge is 0.217 e. The van der Waals surface area contributed by atoms with E-state index < -0.39 is 0 Å². The third-order valence-electron chi connectivity index (χ3n) is 3.66. The fourth-order valence-electron chi connectivity index (χ4n) is 2.41. The van der Waals surface area contributed by atoms with Crippen molar-refractivity contribution < 1.29 is 13.9 Å². The highest BCUT2D eigenvalue weighted by atomic mass is 79.9. The van der Waals surface area contributed by atoms with E-state index in [2.05, 4.69) is 26.1 Å². The number of primary amides is 1. The van der Waals surface area contributed by atoms with Crippen LogP contribution < -0.4 is 10.5 Å². The number of nitrogens with zero attached hydrogens (tertiary/aromatic N) is 3. The molecular formula is C18H19BrN4O3S. The Bertz CT molecular complexity index is 883. The number of thioether (sulfide) groups is 1. The van der Waals surface area contributed by atoms with Gasteiger partial charge >= 0.3 is 0 Å². The van der Waals surface area contributed by atoms with Gasteiger partial charge in [-0.15, -0.1) is 10.2 Å². The summed E-state index contributed by atoms with van der Waals surface area (Å²) in [7, 11) is 0. The minimum Gasteiger partial charge on any atom is -0.493 e. The van der Waals surface area contributed by atoms with Crippen LogP contribution in [0.1, 0.15) is 18.0 Å². The molecule has 1 amide bonds. The van der Waals surface area contributed by atoms with Gasteiger partial charge in [-0.25, -0.2) is 0 Å². The summed E-state index contributed by atoms with van der Waals surface area (Å²) in [5.74, 6) is 2.66. The van der Waals surface area contributed by atoms with Crippen LogP contribution in [0.15, 0.2) is 56.7 Å². The van der Waals surface area contributed by atoms with Gasteiger partial charge < -0.3 is 14.9 Å². The number of carbonyl (C=O) groups excluding carboxylic acids is 1. The molecule has 27 heavy (non-hydrogen) atoms. The van der Waals surface area contributed by atoms with Crippen molar-refractivity contribution in [3.63, 3.8) is 0 Å². The van der Waals surface area contributed by atoms with E-state index in [0.29, 0.717) is 31.1 Å². The maximum absolute atomic E-state index is 11.1. The molecule has 1 aromatic carbocycles. The zero-order chi connectivity index (χ0) is 19.1. The summed E-state index contributed by atoms with van der Waals surface area (Å²) in [6.45, 7) is 1.04. The SMILES string of the molecule is NC(=O)CCc1nnc(SCCOc2cccc(Br)c2)n1Cc1ccco1. The Hall–Kier alpha value is -2.26. The van der Waals surface area contributed by atoms with Gasteiger partial charge in [0, 0.05) is 23.1 Å². The van der Waals surface area contributed by atoms with E-state index in [4.69, 9.17) is 14.9 Å². The zero-order valence-electron chi connectivity index (χ0n) is 14.5. The zero-order valence-corrected chi connectivity index (χ0v) is 16.9. The number of carbonyl (C=O) groups is 1. The Morgan fingerprint density at radius 2 is 2.19 bits per heavy atom. The molecule has 0 aliphatic rings. The molecular weight excluding hydrogens is 432 g/mol. The predicted octanol–water partition coefficient (Wildman–Crippen LogP) is 3.27. The number of ether oxygens (including phenoxy) is 1. The second kappa shape index (κ2) is 9.61. The van der Waals surface area contributed by atoms with Crippen LogP contribution in [0, 0.1) is 0 Å². The first kappa shape index (κ1) is 19.5. The summed E-state index contributed by atoms with van der Waals surface area (Å²) >= 11 is 4.97. The van der Waals surface area contributed by atoms with Gasteiger partial charge in [-0.05, 0) is 30.3 Å². The average Bonchev–Trinajstić information content (AvgIpc) is 3.28. The van der Waals surface area contributed by atoms with Crippen LogP contribution in [0.4, 0.5) is 0 Å². The second-order valence-electron chi connectivity index (χ2n) is 5.68. The van der Waals surface area contributed by atoms with Gasteiger partial charge in [0.25, 0.3) is 0 Å². The standard InChI is InChI=1S/C18H19BrN4O3S/c19-13-3-1-4-14(11-13)26-9-10-27-18-22-21-17(7-6-16(20)24)23(18)12-15-5-2-8-25-15/h1-5,8,11H,6-7,9-10,12H2,(H2,20,24). The molecule has 9 heteroatoms. The van der Waals surface area contributed by atoms with Crippen molar-refractivity contribution in [1.29, 1.82) is 0 Å². The van der Waals surface area contributed by atoms with Crippen molar-refractivity contribution in [3.8, 4) is 5.75 Å². The van der Waals surface area contributed by atoms with Crippen LogP contribution in [0.25, 0.3) is 0 Å². The molecule has 0 bridgehead atoms. The van der Waals surface area contributed by atoms with Crippen LogP contribution >= 0.6 is 27.7 Å². The largest absolute Gasteiger partial charge is 0.493 e. The molecule has 0 saturated heterocycles. The molecule has 3 rings (SSSR count). The third kappa shape index (κ3) is 5.86. The summed E-state index contributed by atoms with van der Waals surface area (Å²) in [4.78, 5) is 11.1. The number of hydrogen-bond acceptors (Lipinski definition) is 6. The highest BCUT2D eigenvalue weighted by molar-refractivity contribution is 9.10. The Labute approximate surface area is 169 Å². The number of benzene rings is 1. The van der Waals surface area contributed by atoms with Gasteiger partial charge in [0.1, 0.15) is 17.3 Å². The summed E-state index contributed by atoms with van der Waals surface area (Å²) in [5.41, 5.74) is 5.26. The average molecular weight is 451 g/mol.